The summed E-state index contributed by atoms with van der Waals surface area (Å²) < 4.78 is 15.1. The van der Waals surface area contributed by atoms with Crippen LogP contribution in [-0.4, -0.2) is 27.4 Å². The second kappa shape index (κ2) is 17.1. The van der Waals surface area contributed by atoms with E-state index in [-0.39, 0.29) is 0 Å². The van der Waals surface area contributed by atoms with Gasteiger partial charge in [-0.25, -0.2) is 0 Å². The highest BCUT2D eigenvalue weighted by Crippen LogP contribution is 2.47. The summed E-state index contributed by atoms with van der Waals surface area (Å²) >= 11 is 0. The quantitative estimate of drug-likeness (QED) is 0.159. The van der Waals surface area contributed by atoms with Crippen molar-refractivity contribution in [3.05, 3.63) is 291 Å². The van der Waals surface area contributed by atoms with Crippen molar-refractivity contribution in [2.75, 3.05) is 0 Å². The topological polar surface area (TPSA) is 29.6 Å². The molecule has 0 aliphatic carbocycles. The molecule has 0 unspecified atom stereocenters. The van der Waals surface area contributed by atoms with E-state index in [0.717, 1.165) is 67.2 Å². The van der Waals surface area contributed by atoms with Gasteiger partial charge in [0, 0.05) is 81.7 Å². The van der Waals surface area contributed by atoms with E-state index in [2.05, 4.69) is 319 Å². The minimum absolute atomic E-state index is 1.06. The van der Waals surface area contributed by atoms with Crippen LogP contribution in [0.25, 0.3) is 165 Å². The molecule has 0 spiro atoms. The molecule has 0 amide bonds. The van der Waals surface area contributed by atoms with Crippen LogP contribution < -0.4 is 0 Å². The Morgan fingerprint density at radius 1 is 0.143 bits per heavy atom. The predicted octanol–water partition coefficient (Wildman–Crippen LogP) is 20.3. The minimum Gasteiger partial charge on any atom is -0.309 e. The van der Waals surface area contributed by atoms with Gasteiger partial charge < -0.3 is 27.4 Å². The van der Waals surface area contributed by atoms with Gasteiger partial charge in [0.15, 0.2) is 0 Å². The zero-order valence-electron chi connectivity index (χ0n) is 45.4. The molecule has 19 rings (SSSR count). The smallest absolute Gasteiger partial charge is 0.0788 e. The summed E-state index contributed by atoms with van der Waals surface area (Å²) in [4.78, 5) is 0. The first kappa shape index (κ1) is 45.4. The zero-order chi connectivity index (χ0) is 54.7. The Kier molecular flexibility index (Phi) is 9.24. The van der Waals surface area contributed by atoms with E-state index in [4.69, 9.17) is 0 Å². The number of hydrogen-bond acceptors (Lipinski definition) is 0. The van der Waals surface area contributed by atoms with Crippen molar-refractivity contribution in [3.63, 3.8) is 0 Å². The zero-order valence-corrected chi connectivity index (χ0v) is 45.4. The lowest BCUT2D eigenvalue weighted by Crippen LogP contribution is -2.04. The molecule has 0 N–H and O–H groups in total. The fraction of sp³-hybridized carbons (Fsp3) is 0. The monoisotopic (exact) mass is 1070 g/mol. The van der Waals surface area contributed by atoms with Crippen LogP contribution in [0.1, 0.15) is 0 Å². The highest BCUT2D eigenvalue weighted by atomic mass is 15.1. The maximum Gasteiger partial charge on any atom is 0.0788 e. The SMILES string of the molecule is c1ccc(-n2c3ccccc3c3cc4c(cc32)c2ccccc2n4-c2cc(-n3c4ccccc4c4ccc5c(c6ccccc6n5-c5ccccc5)c43)cc(-n3c4ccccc4c4ccc5c6ccccc6n(-c6ccccc6)c5c43)c2)cc1. The van der Waals surface area contributed by atoms with Gasteiger partial charge in [-0.1, -0.05) is 182 Å². The Hall–Kier alpha value is -11.3. The van der Waals surface area contributed by atoms with E-state index < -0.39 is 0 Å². The number of fused-ring (bicyclic) bond motifs is 20. The maximum absolute atomic E-state index is 2.58. The summed E-state index contributed by atoms with van der Waals surface area (Å²) in [6.45, 7) is 0. The third kappa shape index (κ3) is 6.12. The lowest BCUT2D eigenvalue weighted by Gasteiger charge is -2.18. The molecule has 6 heteroatoms. The molecule has 0 aliphatic rings. The average Bonchev–Trinajstić information content (AvgIpc) is 1.91. The molecule has 6 heterocycles. The van der Waals surface area contributed by atoms with Gasteiger partial charge in [-0.05, 0) is 109 Å². The molecule has 0 bridgehead atoms. The third-order valence-electron chi connectivity index (χ3n) is 18.1. The van der Waals surface area contributed by atoms with Crippen molar-refractivity contribution >= 4 is 131 Å². The van der Waals surface area contributed by atoms with Gasteiger partial charge in [0.25, 0.3) is 0 Å². The molecule has 84 heavy (non-hydrogen) atoms. The minimum atomic E-state index is 1.06. The second-order valence-corrected chi connectivity index (χ2v) is 22.4. The van der Waals surface area contributed by atoms with Crippen LogP contribution in [0.2, 0.25) is 0 Å². The fourth-order valence-electron chi connectivity index (χ4n) is 14.8. The molecule has 0 atom stereocenters. The lowest BCUT2D eigenvalue weighted by molar-refractivity contribution is 1.10. The number of hydrogen-bond donors (Lipinski definition) is 0. The van der Waals surface area contributed by atoms with Crippen molar-refractivity contribution in [1.82, 2.24) is 27.4 Å². The summed E-state index contributed by atoms with van der Waals surface area (Å²) in [6.07, 6.45) is 0. The third-order valence-corrected chi connectivity index (χ3v) is 18.1. The molecular formula is C78H48N6. The number of benzene rings is 13. The van der Waals surface area contributed by atoms with Crippen molar-refractivity contribution in [2.24, 2.45) is 0 Å². The van der Waals surface area contributed by atoms with E-state index >= 15 is 0 Å². The van der Waals surface area contributed by atoms with Gasteiger partial charge in [-0.15, -0.1) is 0 Å². The summed E-state index contributed by atoms with van der Waals surface area (Å²) in [5.41, 5.74) is 20.5. The van der Waals surface area contributed by atoms with Crippen LogP contribution >= 0.6 is 0 Å². The van der Waals surface area contributed by atoms with Crippen molar-refractivity contribution < 1.29 is 0 Å². The molecule has 6 aromatic heterocycles. The van der Waals surface area contributed by atoms with Gasteiger partial charge in [-0.3, -0.25) is 0 Å². The normalized spacial score (nSPS) is 12.3. The molecule has 6 nitrogen and oxygen atoms in total. The highest BCUT2D eigenvalue weighted by molar-refractivity contribution is 6.27. The molecule has 0 fully saturated rings. The lowest BCUT2D eigenvalue weighted by atomic mass is 10.1. The second-order valence-electron chi connectivity index (χ2n) is 22.4. The molecule has 19 aromatic rings. The van der Waals surface area contributed by atoms with E-state index in [0.29, 0.717) is 0 Å². The van der Waals surface area contributed by atoms with Crippen LogP contribution in [-0.2, 0) is 0 Å². The van der Waals surface area contributed by atoms with Crippen LogP contribution in [0, 0.1) is 0 Å². The standard InChI is InChI=1S/C78H48N6/c1-4-22-49(23-5-1)79-71-39-21-15-33-63(71)75-72(79)43-42-60-55-28-10-19-37-69(55)83(76(60)75)53-44-52(81-67-35-17-14-32-59(67)65-47-73-64(48-74(65)81)58-31-13-16-34-66(58)80(73)50-24-6-2-7-25-50)45-54(46-53)84-70-38-20-12-30-57(70)62-41-40-61-56-29-11-18-36-68(56)82(77(61)78(62)84)51-26-8-3-9-27-51/h1-48H. The van der Waals surface area contributed by atoms with E-state index in [9.17, 15) is 0 Å². The Bertz CT molecular complexity index is 5960. The fourth-order valence-corrected chi connectivity index (χ4v) is 14.8. The van der Waals surface area contributed by atoms with Crippen LogP contribution in [0.4, 0.5) is 0 Å². The molecule has 0 aliphatic heterocycles. The van der Waals surface area contributed by atoms with E-state index in [1.165, 1.54) is 97.7 Å². The summed E-state index contributed by atoms with van der Waals surface area (Å²) in [7, 11) is 0. The number of para-hydroxylation sites is 9. The van der Waals surface area contributed by atoms with Crippen molar-refractivity contribution in [1.29, 1.82) is 0 Å². The van der Waals surface area contributed by atoms with Crippen LogP contribution in [0.3, 0.4) is 0 Å². The number of aromatic nitrogens is 6. The maximum atomic E-state index is 2.58. The Morgan fingerprint density at radius 3 is 0.857 bits per heavy atom. The molecule has 0 saturated carbocycles. The molecule has 0 radical (unpaired) electrons. The van der Waals surface area contributed by atoms with Gasteiger partial charge >= 0.3 is 0 Å². The first-order valence-corrected chi connectivity index (χ1v) is 28.9. The number of nitrogens with zero attached hydrogens (tertiary/aromatic N) is 6. The molecule has 390 valence electrons. The predicted molar refractivity (Wildman–Crippen MR) is 352 cm³/mol. The molecule has 0 saturated heterocycles. The van der Waals surface area contributed by atoms with E-state index in [1.807, 2.05) is 0 Å². The molecule has 13 aromatic carbocycles. The first-order valence-electron chi connectivity index (χ1n) is 28.9. The first-order chi connectivity index (χ1) is 41.7. The van der Waals surface area contributed by atoms with Gasteiger partial charge in [0.05, 0.1) is 83.3 Å². The van der Waals surface area contributed by atoms with Gasteiger partial charge in [0.1, 0.15) is 0 Å². The largest absolute Gasteiger partial charge is 0.309 e. The Labute approximate surface area is 480 Å². The van der Waals surface area contributed by atoms with Crippen LogP contribution in [0.15, 0.2) is 291 Å². The average molecular weight is 1070 g/mol. The van der Waals surface area contributed by atoms with Crippen LogP contribution in [0.5, 0.6) is 0 Å². The molecular weight excluding hydrogens is 1020 g/mol. The highest BCUT2D eigenvalue weighted by Gasteiger charge is 2.26. The van der Waals surface area contributed by atoms with Gasteiger partial charge in [0.2, 0.25) is 0 Å². The summed E-state index contributed by atoms with van der Waals surface area (Å²) in [5, 5.41) is 14.5. The van der Waals surface area contributed by atoms with Crippen molar-refractivity contribution in [2.45, 2.75) is 0 Å². The van der Waals surface area contributed by atoms with Crippen molar-refractivity contribution in [3.8, 4) is 34.1 Å². The van der Waals surface area contributed by atoms with E-state index in [1.54, 1.807) is 0 Å². The Morgan fingerprint density at radius 2 is 0.417 bits per heavy atom. The summed E-state index contributed by atoms with van der Waals surface area (Å²) in [6, 6.07) is 108. The summed E-state index contributed by atoms with van der Waals surface area (Å²) in [5.74, 6) is 0. The van der Waals surface area contributed by atoms with Gasteiger partial charge in [-0.2, -0.15) is 0 Å². The number of rotatable bonds is 6. The Balaban J connectivity index is 1.00.